The van der Waals surface area contributed by atoms with E-state index in [1.54, 1.807) is 0 Å². The van der Waals surface area contributed by atoms with Crippen LogP contribution in [0.25, 0.3) is 0 Å². The van der Waals surface area contributed by atoms with Gasteiger partial charge in [0.1, 0.15) is 11.5 Å². The summed E-state index contributed by atoms with van der Waals surface area (Å²) in [6.45, 7) is 8.20. The molecule has 1 fully saturated rings. The van der Waals surface area contributed by atoms with Crippen molar-refractivity contribution in [1.29, 1.82) is 0 Å². The summed E-state index contributed by atoms with van der Waals surface area (Å²) >= 11 is 0. The van der Waals surface area contributed by atoms with Crippen molar-refractivity contribution >= 4 is 18.7 Å². The van der Waals surface area contributed by atoms with Gasteiger partial charge in [-0.2, -0.15) is 0 Å². The van der Waals surface area contributed by atoms with Gasteiger partial charge >= 0.3 is 0 Å². The van der Waals surface area contributed by atoms with E-state index in [4.69, 9.17) is 9.47 Å². The molecule has 0 unspecified atom stereocenters. The first-order valence-electron chi connectivity index (χ1n) is 6.24. The van der Waals surface area contributed by atoms with E-state index in [1.165, 1.54) is 0 Å². The van der Waals surface area contributed by atoms with Crippen molar-refractivity contribution in [1.82, 2.24) is 0 Å². The molecule has 4 heteroatoms. The molecular weight excluding hydrogens is 244 g/mol. The highest BCUT2D eigenvalue weighted by Gasteiger charge is 2.44. The van der Waals surface area contributed by atoms with Gasteiger partial charge in [0.05, 0.1) is 6.61 Å². The van der Waals surface area contributed by atoms with E-state index < -0.39 is 20.0 Å². The van der Waals surface area contributed by atoms with Crippen LogP contribution in [-0.2, 0) is 14.3 Å². The molecule has 1 heterocycles. The van der Waals surface area contributed by atoms with Crippen LogP contribution < -0.4 is 5.19 Å². The maximum Gasteiger partial charge on any atom is 0.163 e. The maximum atomic E-state index is 12.6. The van der Waals surface area contributed by atoms with Crippen molar-refractivity contribution < 1.29 is 14.3 Å². The van der Waals surface area contributed by atoms with Crippen molar-refractivity contribution in [3.63, 3.8) is 0 Å². The fourth-order valence-corrected chi connectivity index (χ4v) is 4.47. The minimum Gasteiger partial charge on any atom is -0.347 e. The van der Waals surface area contributed by atoms with E-state index in [1.807, 2.05) is 44.2 Å². The minimum absolute atomic E-state index is 0.208. The Morgan fingerprint density at radius 3 is 2.39 bits per heavy atom. The molecule has 1 aliphatic rings. The SMILES string of the molecule is CC1(C)OC[C@@H](C(=O)[Si](C)(C)c2ccccc2)O1. The molecule has 3 nitrogen and oxygen atoms in total. The first-order valence-corrected chi connectivity index (χ1v) is 9.24. The highest BCUT2D eigenvalue weighted by molar-refractivity contribution is 7.13. The molecule has 0 amide bonds. The Kier molecular flexibility index (Phi) is 3.44. The fourth-order valence-electron chi connectivity index (χ4n) is 2.22. The molecule has 0 N–H and O–H groups in total. The number of benzene rings is 1. The number of hydrogen-bond acceptors (Lipinski definition) is 3. The quantitative estimate of drug-likeness (QED) is 0.782. The second kappa shape index (κ2) is 4.61. The number of carbonyl (C=O) groups excluding carboxylic acids is 1. The van der Waals surface area contributed by atoms with Crippen molar-refractivity contribution in [3.05, 3.63) is 30.3 Å². The van der Waals surface area contributed by atoms with Crippen molar-refractivity contribution in [3.8, 4) is 0 Å². The molecule has 0 radical (unpaired) electrons. The Hall–Kier alpha value is -0.973. The zero-order chi connectivity index (χ0) is 13.4. The summed E-state index contributed by atoms with van der Waals surface area (Å²) < 4.78 is 11.2. The summed E-state index contributed by atoms with van der Waals surface area (Å²) in [5.41, 5.74) is 0. The summed E-state index contributed by atoms with van der Waals surface area (Å²) in [5, 5.41) is 1.35. The molecule has 1 aliphatic heterocycles. The highest BCUT2D eigenvalue weighted by atomic mass is 28.3. The van der Waals surface area contributed by atoms with Gasteiger partial charge in [-0.25, -0.2) is 0 Å². The predicted molar refractivity (Wildman–Crippen MR) is 73.5 cm³/mol. The Balaban J connectivity index is 2.19. The summed E-state index contributed by atoms with van der Waals surface area (Å²) in [6, 6.07) is 9.99. The monoisotopic (exact) mass is 264 g/mol. The molecule has 1 aromatic rings. The van der Waals surface area contributed by atoms with Crippen LogP contribution in [0.15, 0.2) is 30.3 Å². The number of carbonyl (C=O) groups is 1. The maximum absolute atomic E-state index is 12.6. The third-order valence-electron chi connectivity index (χ3n) is 3.41. The van der Waals surface area contributed by atoms with E-state index in [9.17, 15) is 4.79 Å². The Labute approximate surface area is 109 Å². The van der Waals surface area contributed by atoms with Gasteiger partial charge in [-0.05, 0) is 13.8 Å². The molecule has 0 spiro atoms. The second-order valence-electron chi connectivity index (χ2n) is 5.67. The molecule has 2 rings (SSSR count). The van der Waals surface area contributed by atoms with Crippen LogP contribution in [0, 0.1) is 0 Å². The third-order valence-corrected chi connectivity index (χ3v) is 6.74. The van der Waals surface area contributed by atoms with Crippen LogP contribution in [0.1, 0.15) is 13.8 Å². The molecule has 1 atom stereocenters. The van der Waals surface area contributed by atoms with Gasteiger partial charge in [0.2, 0.25) is 0 Å². The summed E-state index contributed by atoms with van der Waals surface area (Å²) in [6.07, 6.45) is -0.415. The molecule has 1 aromatic carbocycles. The lowest BCUT2D eigenvalue weighted by atomic mass is 10.4. The smallest absolute Gasteiger partial charge is 0.163 e. The van der Waals surface area contributed by atoms with Crippen LogP contribution in [0.2, 0.25) is 13.1 Å². The fraction of sp³-hybridized carbons (Fsp3) is 0.500. The number of hydrogen-bond donors (Lipinski definition) is 0. The lowest BCUT2D eigenvalue weighted by molar-refractivity contribution is -0.148. The average Bonchev–Trinajstić information content (AvgIpc) is 2.69. The van der Waals surface area contributed by atoms with Crippen LogP contribution in [-0.4, -0.2) is 32.0 Å². The standard InChI is InChI=1S/C14H20O3Si/c1-14(2)16-10-12(17-14)13(15)18(3,4)11-8-6-5-7-9-11/h5-9,12H,10H2,1-4H3/t12-/m0/s1. The zero-order valence-electron chi connectivity index (χ0n) is 11.4. The first kappa shape index (κ1) is 13.5. The largest absolute Gasteiger partial charge is 0.347 e. The van der Waals surface area contributed by atoms with E-state index in [0.717, 1.165) is 5.19 Å². The number of ether oxygens (including phenoxy) is 2. The van der Waals surface area contributed by atoms with Gasteiger partial charge < -0.3 is 14.3 Å². The zero-order valence-corrected chi connectivity index (χ0v) is 12.4. The van der Waals surface area contributed by atoms with E-state index in [-0.39, 0.29) is 5.41 Å². The molecule has 1 saturated heterocycles. The summed E-state index contributed by atoms with van der Waals surface area (Å²) in [7, 11) is -2.15. The van der Waals surface area contributed by atoms with Gasteiger partial charge in [0.25, 0.3) is 0 Å². The van der Waals surface area contributed by atoms with Crippen LogP contribution >= 0.6 is 0 Å². The van der Waals surface area contributed by atoms with Crippen molar-refractivity contribution in [2.45, 2.75) is 38.8 Å². The Morgan fingerprint density at radius 2 is 1.89 bits per heavy atom. The molecule has 0 bridgehead atoms. The molecule has 98 valence electrons. The Bertz CT molecular complexity index is 440. The van der Waals surface area contributed by atoms with E-state index >= 15 is 0 Å². The minimum atomic E-state index is -2.15. The molecule has 0 aromatic heterocycles. The van der Waals surface area contributed by atoms with E-state index in [2.05, 4.69) is 13.1 Å². The molecule has 0 saturated carbocycles. The van der Waals surface area contributed by atoms with Gasteiger partial charge in [0, 0.05) is 0 Å². The molecule has 18 heavy (non-hydrogen) atoms. The average molecular weight is 264 g/mol. The normalized spacial score (nSPS) is 23.0. The predicted octanol–water partition coefficient (Wildman–Crippen LogP) is 1.86. The molecular formula is C14H20O3Si. The van der Waals surface area contributed by atoms with Crippen molar-refractivity contribution in [2.75, 3.05) is 6.61 Å². The lowest BCUT2D eigenvalue weighted by Crippen LogP contribution is -2.55. The summed E-state index contributed by atoms with van der Waals surface area (Å²) in [4.78, 5) is 12.6. The third kappa shape index (κ3) is 2.55. The van der Waals surface area contributed by atoms with E-state index in [0.29, 0.717) is 6.61 Å². The van der Waals surface area contributed by atoms with Gasteiger partial charge in [-0.3, -0.25) is 0 Å². The van der Waals surface area contributed by atoms with Crippen molar-refractivity contribution in [2.24, 2.45) is 0 Å². The first-order chi connectivity index (χ1) is 8.33. The topological polar surface area (TPSA) is 35.5 Å². The molecule has 0 aliphatic carbocycles. The summed E-state index contributed by atoms with van der Waals surface area (Å²) in [5.74, 6) is -0.637. The van der Waals surface area contributed by atoms with Gasteiger partial charge in [0.15, 0.2) is 13.9 Å². The Morgan fingerprint density at radius 1 is 1.28 bits per heavy atom. The van der Waals surface area contributed by atoms with Crippen LogP contribution in [0.3, 0.4) is 0 Å². The van der Waals surface area contributed by atoms with Crippen LogP contribution in [0.5, 0.6) is 0 Å². The van der Waals surface area contributed by atoms with Gasteiger partial charge in [-0.15, -0.1) is 0 Å². The number of rotatable bonds is 3. The van der Waals surface area contributed by atoms with Gasteiger partial charge in [-0.1, -0.05) is 48.6 Å². The van der Waals surface area contributed by atoms with Crippen LogP contribution in [0.4, 0.5) is 0 Å². The highest BCUT2D eigenvalue weighted by Crippen LogP contribution is 2.25. The lowest BCUT2D eigenvalue weighted by Gasteiger charge is -2.24. The second-order valence-corrected chi connectivity index (χ2v) is 9.99.